The molecule has 2 fully saturated rings. The number of amides is 4. The van der Waals surface area contributed by atoms with Gasteiger partial charge < -0.3 is 30.3 Å². The molecule has 350 valence electrons. The number of anilines is 3. The number of aromatic nitrogens is 2. The molecule has 0 spiro atoms. The molecule has 0 radical (unpaired) electrons. The third-order valence-electron chi connectivity index (χ3n) is 12.9. The van der Waals surface area contributed by atoms with Crippen molar-refractivity contribution in [3.8, 4) is 5.75 Å². The van der Waals surface area contributed by atoms with Gasteiger partial charge in [0.2, 0.25) is 5.91 Å². The predicted molar refractivity (Wildman–Crippen MR) is 255 cm³/mol. The van der Waals surface area contributed by atoms with Crippen LogP contribution in [-0.2, 0) is 20.7 Å². The second kappa shape index (κ2) is 21.6. The number of benzene rings is 3. The number of aryl methyl sites for hydroxylation is 2. The zero-order valence-electron chi connectivity index (χ0n) is 38.0. The molecule has 1 aliphatic carbocycles. The highest BCUT2D eigenvalue weighted by Gasteiger charge is 2.46. The van der Waals surface area contributed by atoms with Crippen LogP contribution in [0, 0.1) is 35.3 Å². The number of hydrogen-bond acceptors (Lipinski definition) is 11. The molecule has 66 heavy (non-hydrogen) atoms. The predicted octanol–water partition coefficient (Wildman–Crippen LogP) is 8.91. The summed E-state index contributed by atoms with van der Waals surface area (Å²) in [5.74, 6) is 1.31. The maximum Gasteiger partial charge on any atom is 0.325 e. The fourth-order valence-corrected chi connectivity index (χ4v) is 9.64. The number of fused-ring (bicyclic) bond motifs is 3. The summed E-state index contributed by atoms with van der Waals surface area (Å²) in [7, 11) is 0. The van der Waals surface area contributed by atoms with E-state index in [1.54, 1.807) is 41.4 Å². The lowest BCUT2D eigenvalue weighted by atomic mass is 9.69. The van der Waals surface area contributed by atoms with Gasteiger partial charge in [-0.25, -0.2) is 9.78 Å². The number of nitrogens with one attached hydrogen (secondary N) is 4. The van der Waals surface area contributed by atoms with Gasteiger partial charge >= 0.3 is 6.03 Å². The van der Waals surface area contributed by atoms with E-state index in [4.69, 9.17) is 9.47 Å². The number of ketones is 1. The lowest BCUT2D eigenvalue weighted by molar-refractivity contribution is -0.384. The molecule has 2 aliphatic heterocycles. The molecular formula is C49H59BrN8O8. The zero-order chi connectivity index (χ0) is 47.0. The largest absolute Gasteiger partial charge is 0.489 e. The molecule has 3 aliphatic rings. The van der Waals surface area contributed by atoms with Crippen molar-refractivity contribution in [2.24, 2.45) is 11.3 Å². The first-order chi connectivity index (χ1) is 31.6. The number of urea groups is 1. The number of nitrogens with zero attached hydrogens (tertiary/aromatic N) is 4. The molecular weight excluding hydrogens is 908 g/mol. The molecule has 4 amide bonds. The van der Waals surface area contributed by atoms with E-state index in [0.717, 1.165) is 58.2 Å². The molecule has 16 nitrogen and oxygen atoms in total. The minimum absolute atomic E-state index is 0.0361. The van der Waals surface area contributed by atoms with Gasteiger partial charge in [-0.15, -0.1) is 0 Å². The van der Waals surface area contributed by atoms with E-state index < -0.39 is 6.03 Å². The van der Waals surface area contributed by atoms with Crippen LogP contribution >= 0.6 is 15.9 Å². The molecule has 1 saturated carbocycles. The molecule has 7 rings (SSSR count). The van der Waals surface area contributed by atoms with E-state index in [2.05, 4.69) is 61.0 Å². The first kappa shape index (κ1) is 48.0. The standard InChI is InChI=1S/C49H59BrN8O8/c1-30-21-43(42(24-40(30)50)55-48(62)56-44-26-51-31(2)25-52-44)66-28-36-27-57(19-20-65-36)45(60)12-7-5-6-9-35(59)22-32-13-15-33(16-14-32)47(61)53-29-49(3,4)46-38-11-8-10-37(38)39-23-34(58(63)64)17-18-41(39)54-46/h13-18,21,23-26,36-38,46,54H,5-12,19-20,22,27-29H2,1-4H3,(H,53,61)(H2,52,55,56,62)/t36-,37?,38?,46?/m0/s1. The summed E-state index contributed by atoms with van der Waals surface area (Å²) in [6.45, 7) is 9.91. The van der Waals surface area contributed by atoms with Crippen LogP contribution in [0.5, 0.6) is 5.75 Å². The lowest BCUT2D eigenvalue weighted by Gasteiger charge is -2.45. The number of halogens is 1. The molecule has 3 aromatic carbocycles. The summed E-state index contributed by atoms with van der Waals surface area (Å²) in [4.78, 5) is 73.3. The van der Waals surface area contributed by atoms with Gasteiger partial charge in [0, 0.05) is 71.7 Å². The lowest BCUT2D eigenvalue weighted by Crippen LogP contribution is -2.51. The highest BCUT2D eigenvalue weighted by molar-refractivity contribution is 9.10. The quantitative estimate of drug-likeness (QED) is 0.0421. The van der Waals surface area contributed by atoms with Gasteiger partial charge in [-0.05, 0) is 98.4 Å². The summed E-state index contributed by atoms with van der Waals surface area (Å²) < 4.78 is 12.9. The first-order valence-electron chi connectivity index (χ1n) is 22.8. The Kier molecular flexibility index (Phi) is 15.7. The molecule has 3 unspecified atom stereocenters. The van der Waals surface area contributed by atoms with E-state index in [-0.39, 0.29) is 64.7 Å². The molecule has 1 aromatic heterocycles. The second-order valence-electron chi connectivity index (χ2n) is 18.4. The number of nitro groups is 1. The van der Waals surface area contributed by atoms with Crippen molar-refractivity contribution in [3.05, 3.63) is 110 Å². The molecule has 0 bridgehead atoms. The number of rotatable bonds is 18. The SMILES string of the molecule is Cc1cnc(NC(=O)Nc2cc(Br)c(C)cc2OC[C@@H]2CN(C(=O)CCCCCC(=O)Cc3ccc(C(=O)NCC(C)(C)C4Nc5ccc([N+](=O)[O-])cc5C5CCCC54)cc3)CCO2)cn1. The van der Waals surface area contributed by atoms with Gasteiger partial charge in [-0.2, -0.15) is 0 Å². The number of nitro benzene ring substituents is 1. The number of morpholine rings is 1. The monoisotopic (exact) mass is 966 g/mol. The third kappa shape index (κ3) is 12.3. The number of hydrogen-bond donors (Lipinski definition) is 4. The van der Waals surface area contributed by atoms with Crippen LogP contribution in [0.15, 0.2) is 71.5 Å². The fraction of sp³-hybridized carbons (Fsp3) is 0.469. The Morgan fingerprint density at radius 3 is 2.53 bits per heavy atom. The van der Waals surface area contributed by atoms with Gasteiger partial charge in [0.05, 0.1) is 41.8 Å². The Bertz CT molecular complexity index is 2410. The van der Waals surface area contributed by atoms with Gasteiger partial charge in [0.15, 0.2) is 5.82 Å². The summed E-state index contributed by atoms with van der Waals surface area (Å²) in [6.07, 6.45) is 8.95. The van der Waals surface area contributed by atoms with Crippen molar-refractivity contribution < 1.29 is 33.6 Å². The molecule has 17 heteroatoms. The first-order valence-corrected chi connectivity index (χ1v) is 23.6. The average molecular weight is 968 g/mol. The Balaban J connectivity index is 0.795. The van der Waals surface area contributed by atoms with Gasteiger partial charge in [0.25, 0.3) is 11.6 Å². The van der Waals surface area contributed by atoms with Crippen molar-refractivity contribution in [2.45, 2.75) is 104 Å². The van der Waals surface area contributed by atoms with E-state index in [1.807, 2.05) is 38.1 Å². The zero-order valence-corrected chi connectivity index (χ0v) is 39.6. The van der Waals surface area contributed by atoms with Gasteiger partial charge in [0.1, 0.15) is 24.2 Å². The minimum Gasteiger partial charge on any atom is -0.489 e. The van der Waals surface area contributed by atoms with Crippen LogP contribution in [0.3, 0.4) is 0 Å². The van der Waals surface area contributed by atoms with E-state index in [9.17, 15) is 29.3 Å². The highest BCUT2D eigenvalue weighted by atomic mass is 79.9. The Hall–Kier alpha value is -5.94. The summed E-state index contributed by atoms with van der Waals surface area (Å²) >= 11 is 3.52. The Labute approximate surface area is 393 Å². The van der Waals surface area contributed by atoms with Crippen molar-refractivity contribution in [1.29, 1.82) is 0 Å². The van der Waals surface area contributed by atoms with Crippen LogP contribution in [-0.4, -0.2) is 88.4 Å². The van der Waals surface area contributed by atoms with Crippen LogP contribution in [0.4, 0.5) is 27.7 Å². The third-order valence-corrected chi connectivity index (χ3v) is 13.8. The average Bonchev–Trinajstić information content (AvgIpc) is 3.80. The number of non-ortho nitro benzene ring substituents is 1. The second-order valence-corrected chi connectivity index (χ2v) is 19.2. The fourth-order valence-electron chi connectivity index (χ4n) is 9.30. The van der Waals surface area contributed by atoms with Gasteiger partial charge in [-0.3, -0.25) is 34.8 Å². The maximum atomic E-state index is 13.3. The van der Waals surface area contributed by atoms with Gasteiger partial charge in [-0.1, -0.05) is 54.8 Å². The van der Waals surface area contributed by atoms with Crippen LogP contribution < -0.4 is 26.0 Å². The highest BCUT2D eigenvalue weighted by Crippen LogP contribution is 2.52. The van der Waals surface area contributed by atoms with Crippen LogP contribution in [0.1, 0.15) is 104 Å². The maximum absolute atomic E-state index is 13.3. The molecule has 3 heterocycles. The number of carbonyl (C=O) groups is 4. The number of Topliss-reactive ketones (excluding diaryl/α,β-unsaturated/α-hetero) is 1. The minimum atomic E-state index is -0.503. The topological polar surface area (TPSA) is 207 Å². The van der Waals surface area contributed by atoms with Crippen molar-refractivity contribution in [3.63, 3.8) is 0 Å². The number of unbranched alkanes of at least 4 members (excludes halogenated alkanes) is 2. The summed E-state index contributed by atoms with van der Waals surface area (Å²) in [5.41, 5.74) is 5.25. The van der Waals surface area contributed by atoms with E-state index in [1.165, 1.54) is 6.20 Å². The van der Waals surface area contributed by atoms with Crippen molar-refractivity contribution in [2.75, 3.05) is 48.8 Å². The molecule has 1 saturated heterocycles. The Morgan fingerprint density at radius 2 is 1.77 bits per heavy atom. The van der Waals surface area contributed by atoms with E-state index in [0.29, 0.717) is 80.7 Å². The van der Waals surface area contributed by atoms with Crippen molar-refractivity contribution in [1.82, 2.24) is 20.2 Å². The molecule has 4 aromatic rings. The summed E-state index contributed by atoms with van der Waals surface area (Å²) in [6, 6.07) is 15.4. The summed E-state index contributed by atoms with van der Waals surface area (Å²) in [5, 5.41) is 23.8. The van der Waals surface area contributed by atoms with Crippen LogP contribution in [0.25, 0.3) is 0 Å². The Morgan fingerprint density at radius 1 is 0.985 bits per heavy atom. The smallest absolute Gasteiger partial charge is 0.325 e. The number of carbonyl (C=O) groups excluding carboxylic acids is 4. The van der Waals surface area contributed by atoms with Crippen molar-refractivity contribution >= 4 is 62.4 Å². The molecule has 4 N–H and O–H groups in total. The normalized spacial score (nSPS) is 18.9. The van der Waals surface area contributed by atoms with Crippen LogP contribution in [0.2, 0.25) is 0 Å². The van der Waals surface area contributed by atoms with E-state index >= 15 is 0 Å². The molecule has 4 atom stereocenters. The number of ether oxygens (including phenoxy) is 2.